The molecule has 3 aromatic rings. The Hall–Kier alpha value is -2.14. The number of anilines is 1. The van der Waals surface area contributed by atoms with Crippen molar-refractivity contribution in [3.8, 4) is 0 Å². The van der Waals surface area contributed by atoms with E-state index in [1.54, 1.807) is 4.90 Å². The van der Waals surface area contributed by atoms with Crippen molar-refractivity contribution in [2.45, 2.75) is 13.5 Å². The molecule has 20 heavy (non-hydrogen) atoms. The Morgan fingerprint density at radius 2 is 2.05 bits per heavy atom. The van der Waals surface area contributed by atoms with Gasteiger partial charge in [-0.05, 0) is 31.2 Å². The molecule has 1 aromatic carbocycles. The molecule has 1 amide bonds. The number of fused-ring (bicyclic) bond motifs is 3. The maximum Gasteiger partial charge on any atom is 0.270 e. The third kappa shape index (κ3) is 1.59. The molecule has 0 unspecified atom stereocenters. The van der Waals surface area contributed by atoms with Crippen LogP contribution in [0.25, 0.3) is 11.0 Å². The zero-order chi connectivity index (χ0) is 13.7. The fourth-order valence-corrected chi connectivity index (χ4v) is 3.48. The molecule has 3 heterocycles. The van der Waals surface area contributed by atoms with Gasteiger partial charge in [0.05, 0.1) is 15.9 Å². The average Bonchev–Trinajstić information content (AvgIpc) is 3.12. The number of thiophene rings is 1. The van der Waals surface area contributed by atoms with E-state index < -0.39 is 0 Å². The van der Waals surface area contributed by atoms with Crippen LogP contribution in [-0.4, -0.2) is 22.0 Å². The van der Waals surface area contributed by atoms with Crippen LogP contribution >= 0.6 is 11.3 Å². The number of rotatable bonds is 1. The van der Waals surface area contributed by atoms with Crippen molar-refractivity contribution in [2.24, 2.45) is 0 Å². The SMILES string of the molecule is Cc1ccc(C(=O)N2CCn3c2nc2ccccc23)s1. The Kier molecular flexibility index (Phi) is 2.44. The summed E-state index contributed by atoms with van der Waals surface area (Å²) in [5.74, 6) is 0.819. The van der Waals surface area contributed by atoms with E-state index in [1.807, 2.05) is 37.3 Å². The van der Waals surface area contributed by atoms with Gasteiger partial charge in [-0.15, -0.1) is 11.3 Å². The standard InChI is InChI=1S/C15H13N3OS/c1-10-6-7-13(20-10)14(19)18-9-8-17-12-5-3-2-4-11(12)16-15(17)18/h2-7H,8-9H2,1H3. The van der Waals surface area contributed by atoms with Crippen LogP contribution in [0.2, 0.25) is 0 Å². The molecule has 4 rings (SSSR count). The third-order valence-electron chi connectivity index (χ3n) is 3.62. The number of aryl methyl sites for hydroxylation is 1. The van der Waals surface area contributed by atoms with Crippen LogP contribution < -0.4 is 4.90 Å². The Morgan fingerprint density at radius 3 is 2.85 bits per heavy atom. The molecule has 0 fully saturated rings. The van der Waals surface area contributed by atoms with Crippen molar-refractivity contribution in [1.29, 1.82) is 0 Å². The van der Waals surface area contributed by atoms with E-state index in [0.29, 0.717) is 6.54 Å². The summed E-state index contributed by atoms with van der Waals surface area (Å²) in [6.07, 6.45) is 0. The van der Waals surface area contributed by atoms with Crippen LogP contribution in [0.1, 0.15) is 14.5 Å². The Labute approximate surface area is 120 Å². The number of carbonyl (C=O) groups is 1. The number of aromatic nitrogens is 2. The van der Waals surface area contributed by atoms with Crippen LogP contribution in [0.4, 0.5) is 5.95 Å². The number of benzene rings is 1. The lowest BCUT2D eigenvalue weighted by atomic mass is 10.3. The smallest absolute Gasteiger partial charge is 0.270 e. The molecule has 5 heteroatoms. The van der Waals surface area contributed by atoms with Crippen LogP contribution in [-0.2, 0) is 6.54 Å². The van der Waals surface area contributed by atoms with Crippen LogP contribution in [0.3, 0.4) is 0 Å². The molecule has 2 aromatic heterocycles. The molecule has 1 aliphatic rings. The average molecular weight is 283 g/mol. The van der Waals surface area contributed by atoms with Gasteiger partial charge >= 0.3 is 0 Å². The first kappa shape index (κ1) is 11.7. The van der Waals surface area contributed by atoms with Gasteiger partial charge in [-0.1, -0.05) is 12.1 Å². The first-order valence-electron chi connectivity index (χ1n) is 6.57. The van der Waals surface area contributed by atoms with Crippen molar-refractivity contribution in [2.75, 3.05) is 11.4 Å². The maximum atomic E-state index is 12.6. The molecule has 0 spiro atoms. The molecule has 100 valence electrons. The molecule has 4 nitrogen and oxygen atoms in total. The minimum atomic E-state index is 0.0529. The predicted octanol–water partition coefficient (Wildman–Crippen LogP) is 3.07. The molecule has 0 saturated carbocycles. The maximum absolute atomic E-state index is 12.6. The molecule has 0 bridgehead atoms. The van der Waals surface area contributed by atoms with Crippen LogP contribution in [0, 0.1) is 6.92 Å². The molecule has 0 aliphatic carbocycles. The number of hydrogen-bond donors (Lipinski definition) is 0. The monoisotopic (exact) mass is 283 g/mol. The van der Waals surface area contributed by atoms with Gasteiger partial charge in [-0.2, -0.15) is 0 Å². The topological polar surface area (TPSA) is 38.1 Å². The zero-order valence-corrected chi connectivity index (χ0v) is 11.9. The molecule has 0 radical (unpaired) electrons. The highest BCUT2D eigenvalue weighted by Crippen LogP contribution is 2.29. The first-order valence-corrected chi connectivity index (χ1v) is 7.39. The highest BCUT2D eigenvalue weighted by molar-refractivity contribution is 7.14. The van der Waals surface area contributed by atoms with Crippen molar-refractivity contribution in [3.05, 3.63) is 46.2 Å². The summed E-state index contributed by atoms with van der Waals surface area (Å²) in [7, 11) is 0. The van der Waals surface area contributed by atoms with Gasteiger partial charge in [0.25, 0.3) is 5.91 Å². The molecule has 0 N–H and O–H groups in total. The van der Waals surface area contributed by atoms with Gasteiger partial charge < -0.3 is 4.57 Å². The van der Waals surface area contributed by atoms with Crippen LogP contribution in [0.15, 0.2) is 36.4 Å². The number of nitrogens with zero attached hydrogens (tertiary/aromatic N) is 3. The lowest BCUT2D eigenvalue weighted by Gasteiger charge is -2.12. The number of hydrogen-bond acceptors (Lipinski definition) is 3. The number of carbonyl (C=O) groups excluding carboxylic acids is 1. The Bertz CT molecular complexity index is 818. The quantitative estimate of drug-likeness (QED) is 0.688. The van der Waals surface area contributed by atoms with E-state index in [4.69, 9.17) is 0 Å². The fourth-order valence-electron chi connectivity index (χ4n) is 2.66. The molecular formula is C15H13N3OS. The van der Waals surface area contributed by atoms with E-state index in [2.05, 4.69) is 15.6 Å². The summed E-state index contributed by atoms with van der Waals surface area (Å²) in [4.78, 5) is 20.9. The zero-order valence-electron chi connectivity index (χ0n) is 11.0. The molecule has 0 saturated heterocycles. The largest absolute Gasteiger partial charge is 0.308 e. The summed E-state index contributed by atoms with van der Waals surface area (Å²) in [6.45, 7) is 3.52. The molecular weight excluding hydrogens is 270 g/mol. The first-order chi connectivity index (χ1) is 9.74. The second kappa shape index (κ2) is 4.18. The summed E-state index contributed by atoms with van der Waals surface area (Å²) in [5.41, 5.74) is 2.04. The minimum absolute atomic E-state index is 0.0529. The van der Waals surface area contributed by atoms with Gasteiger partial charge in [0, 0.05) is 18.0 Å². The number of amides is 1. The van der Waals surface area contributed by atoms with Crippen LogP contribution in [0.5, 0.6) is 0 Å². The molecule has 1 aliphatic heterocycles. The highest BCUT2D eigenvalue weighted by atomic mass is 32.1. The van der Waals surface area contributed by atoms with Crippen molar-refractivity contribution < 1.29 is 4.79 Å². The Morgan fingerprint density at radius 1 is 1.20 bits per heavy atom. The summed E-state index contributed by atoms with van der Waals surface area (Å²) in [5, 5.41) is 0. The van der Waals surface area contributed by atoms with Gasteiger partial charge in [0.15, 0.2) is 0 Å². The summed E-state index contributed by atoms with van der Waals surface area (Å²) < 4.78 is 2.12. The van der Waals surface area contributed by atoms with Crippen molar-refractivity contribution in [1.82, 2.24) is 9.55 Å². The van der Waals surface area contributed by atoms with E-state index >= 15 is 0 Å². The van der Waals surface area contributed by atoms with Gasteiger partial charge in [0.2, 0.25) is 5.95 Å². The normalized spacial score (nSPS) is 13.9. The number of para-hydroxylation sites is 2. The van der Waals surface area contributed by atoms with E-state index in [0.717, 1.165) is 33.3 Å². The van der Waals surface area contributed by atoms with Gasteiger partial charge in [-0.3, -0.25) is 9.69 Å². The van der Waals surface area contributed by atoms with Gasteiger partial charge in [-0.25, -0.2) is 4.98 Å². The van der Waals surface area contributed by atoms with E-state index in [1.165, 1.54) is 11.3 Å². The fraction of sp³-hybridized carbons (Fsp3) is 0.200. The van der Waals surface area contributed by atoms with Crippen molar-refractivity contribution >= 4 is 34.2 Å². The number of imidazole rings is 1. The van der Waals surface area contributed by atoms with E-state index in [9.17, 15) is 4.79 Å². The minimum Gasteiger partial charge on any atom is -0.308 e. The highest BCUT2D eigenvalue weighted by Gasteiger charge is 2.29. The van der Waals surface area contributed by atoms with Gasteiger partial charge in [0.1, 0.15) is 0 Å². The van der Waals surface area contributed by atoms with Crippen molar-refractivity contribution in [3.63, 3.8) is 0 Å². The summed E-state index contributed by atoms with van der Waals surface area (Å²) in [6, 6.07) is 11.9. The second-order valence-electron chi connectivity index (χ2n) is 4.92. The second-order valence-corrected chi connectivity index (χ2v) is 6.21. The van der Waals surface area contributed by atoms with E-state index in [-0.39, 0.29) is 5.91 Å². The lowest BCUT2D eigenvalue weighted by molar-refractivity contribution is 0.0992. The predicted molar refractivity (Wildman–Crippen MR) is 80.5 cm³/mol. The molecule has 0 atom stereocenters. The third-order valence-corrected chi connectivity index (χ3v) is 4.61. The summed E-state index contributed by atoms with van der Waals surface area (Å²) >= 11 is 1.54. The Balaban J connectivity index is 1.79. The lowest BCUT2D eigenvalue weighted by Crippen LogP contribution is -2.28.